The van der Waals surface area contributed by atoms with Crippen LogP contribution in [0.3, 0.4) is 0 Å². The van der Waals surface area contributed by atoms with E-state index in [4.69, 9.17) is 16.8 Å². The molecule has 4 heteroatoms. The van der Waals surface area contributed by atoms with E-state index in [2.05, 4.69) is 168 Å². The van der Waals surface area contributed by atoms with Crippen LogP contribution in [0.15, 0.2) is 164 Å². The first-order chi connectivity index (χ1) is 22.2. The molecular formula is C41H27N2PS. The topological polar surface area (TPSA) is 17.3 Å². The highest BCUT2D eigenvalue weighted by atomic mass is 32.4. The number of rotatable bonds is 4. The molecular weight excluding hydrogens is 584 g/mol. The largest absolute Gasteiger partial charge is 0.292 e. The molecule has 0 saturated carbocycles. The van der Waals surface area contributed by atoms with Gasteiger partial charge in [-0.15, -0.1) is 0 Å². The van der Waals surface area contributed by atoms with Gasteiger partial charge in [0.2, 0.25) is 0 Å². The third-order valence-corrected chi connectivity index (χ3v) is 14.0. The van der Waals surface area contributed by atoms with Gasteiger partial charge in [-0.25, -0.2) is 4.98 Å². The Labute approximate surface area is 266 Å². The third-order valence-electron chi connectivity index (χ3n) is 9.03. The minimum atomic E-state index is -2.33. The van der Waals surface area contributed by atoms with Crippen molar-refractivity contribution in [1.29, 1.82) is 0 Å². The van der Waals surface area contributed by atoms with E-state index in [1.807, 2.05) is 0 Å². The predicted octanol–water partition coefficient (Wildman–Crippen LogP) is 9.37. The third kappa shape index (κ3) is 4.02. The Hall–Kier alpha value is -5.08. The van der Waals surface area contributed by atoms with Crippen molar-refractivity contribution >= 4 is 82.9 Å². The quantitative estimate of drug-likeness (QED) is 0.146. The number of fused-ring (bicyclic) bond motifs is 9. The van der Waals surface area contributed by atoms with Crippen molar-refractivity contribution in [2.75, 3.05) is 0 Å². The number of hydrogen-bond acceptors (Lipinski definition) is 2. The van der Waals surface area contributed by atoms with Crippen molar-refractivity contribution in [2.45, 2.75) is 0 Å². The molecule has 0 aliphatic rings. The molecule has 2 aromatic heterocycles. The van der Waals surface area contributed by atoms with Crippen LogP contribution in [0.2, 0.25) is 0 Å². The molecule has 0 aliphatic carbocycles. The first-order valence-electron chi connectivity index (χ1n) is 15.2. The lowest BCUT2D eigenvalue weighted by Gasteiger charge is -2.25. The summed E-state index contributed by atoms with van der Waals surface area (Å²) in [5.74, 6) is 0. The molecule has 9 rings (SSSR count). The second-order valence-electron chi connectivity index (χ2n) is 11.5. The summed E-state index contributed by atoms with van der Waals surface area (Å²) in [5.41, 5.74) is 6.58. The second kappa shape index (κ2) is 10.2. The molecule has 7 aromatic carbocycles. The number of para-hydroxylation sites is 1. The fourth-order valence-electron chi connectivity index (χ4n) is 6.90. The van der Waals surface area contributed by atoms with E-state index in [1.165, 1.54) is 43.0 Å². The molecule has 0 radical (unpaired) electrons. The van der Waals surface area contributed by atoms with Crippen molar-refractivity contribution in [3.8, 4) is 11.1 Å². The zero-order valence-corrected chi connectivity index (χ0v) is 26.0. The lowest BCUT2D eigenvalue weighted by Crippen LogP contribution is -2.25. The number of pyridine rings is 1. The van der Waals surface area contributed by atoms with Gasteiger partial charge < -0.3 is 0 Å². The minimum absolute atomic E-state index is 0.990. The number of nitrogens with zero attached hydrogens (tertiary/aromatic N) is 2. The van der Waals surface area contributed by atoms with Crippen LogP contribution in [-0.4, -0.2) is 9.38 Å². The Kier molecular flexibility index (Phi) is 5.99. The SMILES string of the molecule is S=P(c1ccccc1)(c1ccccc1)c1cccc2ccc(-c3ccc4nc5c6ccccc6c6ccccc6n5c4c3)cc12. The summed E-state index contributed by atoms with van der Waals surface area (Å²) >= 11 is 6.78. The Bertz CT molecular complexity index is 2580. The fraction of sp³-hybridized carbons (Fsp3) is 0. The van der Waals surface area contributed by atoms with Crippen LogP contribution in [0, 0.1) is 0 Å². The van der Waals surface area contributed by atoms with E-state index < -0.39 is 6.04 Å². The van der Waals surface area contributed by atoms with Gasteiger partial charge in [0.15, 0.2) is 0 Å². The van der Waals surface area contributed by atoms with Gasteiger partial charge in [0, 0.05) is 22.1 Å². The van der Waals surface area contributed by atoms with Crippen LogP contribution in [0.4, 0.5) is 0 Å². The second-order valence-corrected chi connectivity index (χ2v) is 15.9. The van der Waals surface area contributed by atoms with Crippen molar-refractivity contribution in [3.63, 3.8) is 0 Å². The normalized spacial score (nSPS) is 12.1. The van der Waals surface area contributed by atoms with Crippen LogP contribution in [0.1, 0.15) is 0 Å². The van der Waals surface area contributed by atoms with E-state index in [0.717, 1.165) is 33.1 Å². The molecule has 0 fully saturated rings. The summed E-state index contributed by atoms with van der Waals surface area (Å²) in [6, 6.07) is 56.3. The van der Waals surface area contributed by atoms with Crippen molar-refractivity contribution < 1.29 is 0 Å². The molecule has 0 N–H and O–H groups in total. The van der Waals surface area contributed by atoms with E-state index in [0.29, 0.717) is 0 Å². The zero-order chi connectivity index (χ0) is 30.0. The molecule has 2 heterocycles. The number of aromatic nitrogens is 2. The molecule has 0 spiro atoms. The summed E-state index contributed by atoms with van der Waals surface area (Å²) in [6.07, 6.45) is 0. The van der Waals surface area contributed by atoms with E-state index >= 15 is 0 Å². The monoisotopic (exact) mass is 610 g/mol. The first kappa shape index (κ1) is 26.3. The average molecular weight is 611 g/mol. The van der Waals surface area contributed by atoms with Gasteiger partial charge in [0.1, 0.15) is 5.65 Å². The highest BCUT2D eigenvalue weighted by Gasteiger charge is 2.26. The molecule has 212 valence electrons. The summed E-state index contributed by atoms with van der Waals surface area (Å²) in [6.45, 7) is 0. The van der Waals surface area contributed by atoms with Gasteiger partial charge >= 0.3 is 0 Å². The Balaban J connectivity index is 1.29. The molecule has 0 unspecified atom stereocenters. The molecule has 0 saturated heterocycles. The van der Waals surface area contributed by atoms with Crippen molar-refractivity contribution in [2.24, 2.45) is 0 Å². The standard InChI is InChI=1S/C41H27N2PS/c45-44(31-13-3-1-4-14-31,32-15-5-2-6-16-32)40-21-11-12-28-22-23-29(26-36(28)40)30-24-25-37-39(27-30)43-38-20-10-9-18-34(38)33-17-7-8-19-35(33)41(43)42-37/h1-27H. The highest BCUT2D eigenvalue weighted by Crippen LogP contribution is 2.45. The molecule has 9 aromatic rings. The molecule has 0 bridgehead atoms. The van der Waals surface area contributed by atoms with Gasteiger partial charge in [-0.3, -0.25) is 4.40 Å². The van der Waals surface area contributed by atoms with Gasteiger partial charge in [-0.1, -0.05) is 151 Å². The minimum Gasteiger partial charge on any atom is -0.292 e. The van der Waals surface area contributed by atoms with Gasteiger partial charge in [-0.05, 0) is 62.2 Å². The lowest BCUT2D eigenvalue weighted by molar-refractivity contribution is 1.31. The molecule has 45 heavy (non-hydrogen) atoms. The van der Waals surface area contributed by atoms with Crippen molar-refractivity contribution in [3.05, 3.63) is 164 Å². The summed E-state index contributed by atoms with van der Waals surface area (Å²) in [7, 11) is 0. The summed E-state index contributed by atoms with van der Waals surface area (Å²) in [5, 5.41) is 9.66. The Morgan fingerprint density at radius 1 is 0.467 bits per heavy atom. The van der Waals surface area contributed by atoms with Crippen LogP contribution < -0.4 is 15.9 Å². The number of benzene rings is 7. The predicted molar refractivity (Wildman–Crippen MR) is 197 cm³/mol. The zero-order valence-electron chi connectivity index (χ0n) is 24.3. The van der Waals surface area contributed by atoms with E-state index in [9.17, 15) is 0 Å². The Morgan fingerprint density at radius 2 is 1.09 bits per heavy atom. The van der Waals surface area contributed by atoms with Gasteiger partial charge in [-0.2, -0.15) is 0 Å². The number of hydrogen-bond donors (Lipinski definition) is 0. The van der Waals surface area contributed by atoms with E-state index in [-0.39, 0.29) is 0 Å². The van der Waals surface area contributed by atoms with Crippen molar-refractivity contribution in [1.82, 2.24) is 9.38 Å². The molecule has 0 aliphatic heterocycles. The summed E-state index contributed by atoms with van der Waals surface area (Å²) < 4.78 is 2.33. The molecule has 0 amide bonds. The van der Waals surface area contributed by atoms with Crippen LogP contribution in [-0.2, 0) is 11.8 Å². The smallest absolute Gasteiger partial charge is 0.146 e. The molecule has 0 atom stereocenters. The maximum atomic E-state index is 6.78. The maximum absolute atomic E-state index is 6.78. The van der Waals surface area contributed by atoms with Crippen LogP contribution in [0.5, 0.6) is 0 Å². The average Bonchev–Trinajstić information content (AvgIpc) is 3.51. The highest BCUT2D eigenvalue weighted by molar-refractivity contribution is 8.25. The Morgan fingerprint density at radius 3 is 1.84 bits per heavy atom. The summed E-state index contributed by atoms with van der Waals surface area (Å²) in [4.78, 5) is 5.15. The van der Waals surface area contributed by atoms with Crippen LogP contribution >= 0.6 is 6.04 Å². The lowest BCUT2D eigenvalue weighted by atomic mass is 10.0. The van der Waals surface area contributed by atoms with Crippen LogP contribution in [0.25, 0.3) is 60.3 Å². The molecule has 2 nitrogen and oxygen atoms in total. The van der Waals surface area contributed by atoms with Gasteiger partial charge in [0.25, 0.3) is 0 Å². The number of imidazole rings is 1. The first-order valence-corrected chi connectivity index (χ1v) is 18.0. The van der Waals surface area contributed by atoms with E-state index in [1.54, 1.807) is 0 Å². The fourth-order valence-corrected chi connectivity index (χ4v) is 11.0. The maximum Gasteiger partial charge on any atom is 0.146 e. The van der Waals surface area contributed by atoms with Gasteiger partial charge in [0.05, 0.1) is 16.6 Å².